The van der Waals surface area contributed by atoms with Gasteiger partial charge in [0.05, 0.1) is 17.4 Å². The largest absolute Gasteiger partial charge is 0.416 e. The van der Waals surface area contributed by atoms with Gasteiger partial charge in [0.25, 0.3) is 5.91 Å². The number of benzene rings is 2. The van der Waals surface area contributed by atoms with E-state index in [1.165, 1.54) is 23.0 Å². The molecule has 0 atom stereocenters. The number of alkyl halides is 3. The number of amides is 1. The Bertz CT molecular complexity index is 899. The van der Waals surface area contributed by atoms with E-state index in [1.807, 2.05) is 31.2 Å². The Morgan fingerprint density at radius 2 is 1.73 bits per heavy atom. The van der Waals surface area contributed by atoms with E-state index in [2.05, 4.69) is 15.6 Å². The van der Waals surface area contributed by atoms with Gasteiger partial charge in [0.2, 0.25) is 0 Å². The predicted molar refractivity (Wildman–Crippen MR) is 88.7 cm³/mol. The summed E-state index contributed by atoms with van der Waals surface area (Å²) >= 11 is 0. The molecule has 0 radical (unpaired) electrons. The molecule has 0 aliphatic rings. The van der Waals surface area contributed by atoms with Crippen molar-refractivity contribution in [1.29, 1.82) is 0 Å². The number of halogens is 3. The quantitative estimate of drug-likeness (QED) is 0.774. The molecule has 1 aromatic heterocycles. The van der Waals surface area contributed by atoms with Gasteiger partial charge in [-0.3, -0.25) is 4.79 Å². The predicted octanol–water partition coefficient (Wildman–Crippen LogP) is 3.52. The molecule has 134 valence electrons. The van der Waals surface area contributed by atoms with E-state index in [9.17, 15) is 18.0 Å². The lowest BCUT2D eigenvalue weighted by molar-refractivity contribution is -0.137. The third kappa shape index (κ3) is 4.08. The van der Waals surface area contributed by atoms with Crippen LogP contribution < -0.4 is 5.32 Å². The molecule has 0 saturated heterocycles. The van der Waals surface area contributed by atoms with Crippen LogP contribution in [0.1, 0.15) is 27.2 Å². The molecule has 1 heterocycles. The maximum atomic E-state index is 12.5. The van der Waals surface area contributed by atoms with E-state index in [4.69, 9.17) is 0 Å². The van der Waals surface area contributed by atoms with Crippen LogP contribution >= 0.6 is 0 Å². The van der Waals surface area contributed by atoms with Gasteiger partial charge in [0.1, 0.15) is 0 Å². The first-order valence-electron chi connectivity index (χ1n) is 7.76. The molecule has 1 N–H and O–H groups in total. The van der Waals surface area contributed by atoms with Crippen molar-refractivity contribution >= 4 is 5.91 Å². The van der Waals surface area contributed by atoms with Crippen molar-refractivity contribution in [3.8, 4) is 5.69 Å². The van der Waals surface area contributed by atoms with Crippen molar-refractivity contribution < 1.29 is 18.0 Å². The van der Waals surface area contributed by atoms with Gasteiger partial charge in [0, 0.05) is 6.54 Å². The Hall–Kier alpha value is -3.16. The highest BCUT2D eigenvalue weighted by atomic mass is 19.4. The fraction of sp³-hybridized carbons (Fsp3) is 0.167. The highest BCUT2D eigenvalue weighted by Gasteiger charge is 2.29. The first-order chi connectivity index (χ1) is 12.3. The van der Waals surface area contributed by atoms with Crippen LogP contribution in [0.2, 0.25) is 0 Å². The van der Waals surface area contributed by atoms with Crippen LogP contribution in [0.15, 0.2) is 54.7 Å². The smallest absolute Gasteiger partial charge is 0.347 e. The lowest BCUT2D eigenvalue weighted by Crippen LogP contribution is -2.23. The molecule has 0 spiro atoms. The molecule has 0 fully saturated rings. The van der Waals surface area contributed by atoms with E-state index in [1.54, 1.807) is 0 Å². The third-order valence-electron chi connectivity index (χ3n) is 3.76. The summed E-state index contributed by atoms with van der Waals surface area (Å²) in [7, 11) is 0. The van der Waals surface area contributed by atoms with Gasteiger partial charge in [-0.05, 0) is 36.8 Å². The van der Waals surface area contributed by atoms with Gasteiger partial charge < -0.3 is 5.32 Å². The van der Waals surface area contributed by atoms with Gasteiger partial charge in [-0.25, -0.2) is 4.68 Å². The van der Waals surface area contributed by atoms with Crippen LogP contribution in [0.3, 0.4) is 0 Å². The van der Waals surface area contributed by atoms with Crippen molar-refractivity contribution in [2.24, 2.45) is 0 Å². The van der Waals surface area contributed by atoms with Crippen molar-refractivity contribution in [1.82, 2.24) is 20.3 Å². The highest BCUT2D eigenvalue weighted by molar-refractivity contribution is 5.91. The van der Waals surface area contributed by atoms with E-state index in [-0.39, 0.29) is 12.2 Å². The van der Waals surface area contributed by atoms with Gasteiger partial charge >= 0.3 is 6.18 Å². The Balaban J connectivity index is 1.63. The lowest BCUT2D eigenvalue weighted by Gasteiger charge is -2.08. The Labute approximate surface area is 147 Å². The zero-order chi connectivity index (χ0) is 18.7. The molecule has 0 aliphatic carbocycles. The zero-order valence-corrected chi connectivity index (χ0v) is 13.8. The third-order valence-corrected chi connectivity index (χ3v) is 3.76. The van der Waals surface area contributed by atoms with Crippen LogP contribution in [-0.4, -0.2) is 20.9 Å². The summed E-state index contributed by atoms with van der Waals surface area (Å²) in [6.45, 7) is 2.06. The first kappa shape index (κ1) is 17.7. The maximum Gasteiger partial charge on any atom is 0.416 e. The van der Waals surface area contributed by atoms with Crippen LogP contribution in [0, 0.1) is 6.92 Å². The molecule has 0 unspecified atom stereocenters. The molecule has 0 aliphatic heterocycles. The molecule has 1 amide bonds. The number of hydrogen-bond donors (Lipinski definition) is 1. The van der Waals surface area contributed by atoms with Gasteiger partial charge in [-0.15, -0.1) is 5.10 Å². The van der Waals surface area contributed by atoms with E-state index >= 15 is 0 Å². The van der Waals surface area contributed by atoms with E-state index < -0.39 is 17.6 Å². The molecule has 26 heavy (non-hydrogen) atoms. The summed E-state index contributed by atoms with van der Waals surface area (Å²) in [5, 5.41) is 10.3. The molecular formula is C18H15F3N4O. The Morgan fingerprint density at radius 3 is 2.35 bits per heavy atom. The van der Waals surface area contributed by atoms with Gasteiger partial charge in [-0.2, -0.15) is 13.2 Å². The fourth-order valence-electron chi connectivity index (χ4n) is 2.28. The summed E-state index contributed by atoms with van der Waals surface area (Å²) in [4.78, 5) is 12.1. The summed E-state index contributed by atoms with van der Waals surface area (Å²) in [6, 6.07) is 12.2. The van der Waals surface area contributed by atoms with Gasteiger partial charge in [0.15, 0.2) is 5.69 Å². The molecule has 5 nitrogen and oxygen atoms in total. The van der Waals surface area contributed by atoms with Gasteiger partial charge in [-0.1, -0.05) is 35.0 Å². The van der Waals surface area contributed by atoms with Crippen LogP contribution in [0.4, 0.5) is 13.2 Å². The monoisotopic (exact) mass is 360 g/mol. The number of carbonyl (C=O) groups is 1. The zero-order valence-electron chi connectivity index (χ0n) is 13.8. The fourth-order valence-corrected chi connectivity index (χ4v) is 2.28. The number of aryl methyl sites for hydroxylation is 1. The average molecular weight is 360 g/mol. The molecule has 8 heteroatoms. The number of aromatic nitrogens is 3. The topological polar surface area (TPSA) is 59.8 Å². The minimum atomic E-state index is -4.38. The minimum absolute atomic E-state index is 0.0916. The summed E-state index contributed by atoms with van der Waals surface area (Å²) in [5.41, 5.74) is 1.82. The maximum absolute atomic E-state index is 12.5. The normalized spacial score (nSPS) is 11.4. The second-order valence-electron chi connectivity index (χ2n) is 5.76. The molecule has 3 rings (SSSR count). The average Bonchev–Trinajstić information content (AvgIpc) is 3.10. The van der Waals surface area contributed by atoms with Crippen LogP contribution in [0.5, 0.6) is 0 Å². The number of hydrogen-bond acceptors (Lipinski definition) is 3. The number of rotatable bonds is 4. The number of carbonyl (C=O) groups excluding carboxylic acids is 1. The van der Waals surface area contributed by atoms with Crippen LogP contribution in [-0.2, 0) is 12.7 Å². The molecule has 2 aromatic carbocycles. The molecule has 0 bridgehead atoms. The van der Waals surface area contributed by atoms with Crippen LogP contribution in [0.25, 0.3) is 5.69 Å². The Kier molecular flexibility index (Phi) is 4.75. The number of nitrogens with zero attached hydrogens (tertiary/aromatic N) is 3. The lowest BCUT2D eigenvalue weighted by atomic mass is 10.1. The molecule has 0 saturated carbocycles. The van der Waals surface area contributed by atoms with Crippen molar-refractivity contribution in [2.45, 2.75) is 19.6 Å². The number of nitrogens with one attached hydrogen (secondary N) is 1. The minimum Gasteiger partial charge on any atom is -0.347 e. The standard InChI is InChI=1S/C18H15F3N4O/c1-12-2-8-15(9-3-12)25-11-16(23-24-25)17(26)22-10-13-4-6-14(7-5-13)18(19,20)21/h2-9,11H,10H2,1H3,(H,22,26). The van der Waals surface area contributed by atoms with E-state index in [0.717, 1.165) is 23.4 Å². The second kappa shape index (κ2) is 6.99. The van der Waals surface area contributed by atoms with Crippen molar-refractivity contribution in [3.05, 3.63) is 77.1 Å². The van der Waals surface area contributed by atoms with Crippen molar-refractivity contribution in [2.75, 3.05) is 0 Å². The molecule has 3 aromatic rings. The molecular weight excluding hydrogens is 345 g/mol. The van der Waals surface area contributed by atoms with E-state index in [0.29, 0.717) is 5.56 Å². The second-order valence-corrected chi connectivity index (χ2v) is 5.76. The Morgan fingerprint density at radius 1 is 1.08 bits per heavy atom. The van der Waals surface area contributed by atoms with Crippen molar-refractivity contribution in [3.63, 3.8) is 0 Å². The summed E-state index contributed by atoms with van der Waals surface area (Å²) in [5.74, 6) is -0.455. The SMILES string of the molecule is Cc1ccc(-n2cc(C(=O)NCc3ccc(C(F)(F)F)cc3)nn2)cc1. The highest BCUT2D eigenvalue weighted by Crippen LogP contribution is 2.29. The first-order valence-corrected chi connectivity index (χ1v) is 7.76. The summed E-state index contributed by atoms with van der Waals surface area (Å²) < 4.78 is 39.1. The summed E-state index contributed by atoms with van der Waals surface area (Å²) in [6.07, 6.45) is -2.89.